The van der Waals surface area contributed by atoms with Crippen LogP contribution in [0.5, 0.6) is 0 Å². The third-order valence-corrected chi connectivity index (χ3v) is 8.20. The smallest absolute Gasteiger partial charge is 0.114 e. The summed E-state index contributed by atoms with van der Waals surface area (Å²) in [5.41, 5.74) is 9.20. The van der Waals surface area contributed by atoms with Crippen molar-refractivity contribution in [2.75, 3.05) is 13.1 Å². The van der Waals surface area contributed by atoms with Gasteiger partial charge in [0.25, 0.3) is 0 Å². The zero-order valence-corrected chi connectivity index (χ0v) is 21.1. The number of piperidine rings is 1. The number of nitrogens with zero attached hydrogens (tertiary/aromatic N) is 2. The number of allylic oxidation sites excluding steroid dienone is 3. The summed E-state index contributed by atoms with van der Waals surface area (Å²) < 4.78 is 0. The molecular formula is C30H35ClN2O. The summed E-state index contributed by atoms with van der Waals surface area (Å²) in [6.45, 7) is 6.23. The lowest BCUT2D eigenvalue weighted by Gasteiger charge is -2.39. The molecular weight excluding hydrogens is 440 g/mol. The van der Waals surface area contributed by atoms with Gasteiger partial charge < -0.3 is 5.11 Å². The second-order valence-corrected chi connectivity index (χ2v) is 10.4. The maximum absolute atomic E-state index is 11.4. The van der Waals surface area contributed by atoms with Gasteiger partial charge in [-0.1, -0.05) is 67.0 Å². The summed E-state index contributed by atoms with van der Waals surface area (Å²) in [6.07, 6.45) is 14.0. The van der Waals surface area contributed by atoms with Crippen molar-refractivity contribution in [2.45, 2.75) is 58.6 Å². The van der Waals surface area contributed by atoms with Crippen molar-refractivity contribution in [3.63, 3.8) is 0 Å². The molecule has 3 nitrogen and oxygen atoms in total. The number of aliphatic hydroxyl groups is 1. The lowest BCUT2D eigenvalue weighted by molar-refractivity contribution is -0.0367. The van der Waals surface area contributed by atoms with Crippen molar-refractivity contribution in [3.05, 3.63) is 93.3 Å². The van der Waals surface area contributed by atoms with Crippen molar-refractivity contribution in [2.24, 2.45) is 11.8 Å². The fraction of sp³-hybridized carbons (Fsp3) is 0.433. The van der Waals surface area contributed by atoms with E-state index in [4.69, 9.17) is 16.6 Å². The number of hydrogen-bond acceptors (Lipinski definition) is 3. The van der Waals surface area contributed by atoms with Crippen LogP contribution in [0.4, 0.5) is 0 Å². The van der Waals surface area contributed by atoms with E-state index in [9.17, 15) is 5.11 Å². The van der Waals surface area contributed by atoms with Crippen molar-refractivity contribution in [1.82, 2.24) is 9.88 Å². The average molecular weight is 475 g/mol. The predicted molar refractivity (Wildman–Crippen MR) is 141 cm³/mol. The second kappa shape index (κ2) is 10.2. The van der Waals surface area contributed by atoms with Crippen molar-refractivity contribution < 1.29 is 5.11 Å². The Labute approximate surface area is 208 Å². The molecule has 1 aliphatic heterocycles. The Morgan fingerprint density at radius 3 is 2.68 bits per heavy atom. The van der Waals surface area contributed by atoms with Crippen LogP contribution in [0.2, 0.25) is 5.02 Å². The van der Waals surface area contributed by atoms with Crippen LogP contribution in [0, 0.1) is 11.8 Å². The number of pyridine rings is 1. The van der Waals surface area contributed by atoms with Crippen LogP contribution in [0.15, 0.2) is 65.9 Å². The molecule has 4 heteroatoms. The number of aromatic nitrogens is 1. The van der Waals surface area contributed by atoms with E-state index in [1.165, 1.54) is 33.4 Å². The van der Waals surface area contributed by atoms with E-state index < -0.39 is 6.23 Å². The SMILES string of the molecule is CCC(C1=CC=CCC1C)C(O)N1CCC(=C2c3ccc(Cl)cc3CCc3cccnc32)CC1. The van der Waals surface area contributed by atoms with Crippen molar-refractivity contribution >= 4 is 17.2 Å². The molecule has 2 aliphatic carbocycles. The highest BCUT2D eigenvalue weighted by molar-refractivity contribution is 6.30. The quantitative estimate of drug-likeness (QED) is 0.542. The molecule has 34 heavy (non-hydrogen) atoms. The van der Waals surface area contributed by atoms with Gasteiger partial charge in [-0.25, -0.2) is 0 Å². The van der Waals surface area contributed by atoms with E-state index in [0.717, 1.165) is 62.3 Å². The molecule has 1 fully saturated rings. The van der Waals surface area contributed by atoms with Gasteiger partial charge in [0.1, 0.15) is 6.23 Å². The number of aryl methyl sites for hydroxylation is 2. The highest BCUT2D eigenvalue weighted by atomic mass is 35.5. The van der Waals surface area contributed by atoms with Crippen LogP contribution in [0.1, 0.15) is 61.9 Å². The molecule has 0 spiro atoms. The van der Waals surface area contributed by atoms with Gasteiger partial charge in [0.2, 0.25) is 0 Å². The summed E-state index contributed by atoms with van der Waals surface area (Å²) in [4.78, 5) is 7.15. The molecule has 3 aliphatic rings. The molecule has 178 valence electrons. The summed E-state index contributed by atoms with van der Waals surface area (Å²) in [5, 5.41) is 12.2. The maximum atomic E-state index is 11.4. The van der Waals surface area contributed by atoms with E-state index in [0.29, 0.717) is 5.92 Å². The van der Waals surface area contributed by atoms with Gasteiger partial charge in [-0.05, 0) is 79.3 Å². The molecule has 2 heterocycles. The van der Waals surface area contributed by atoms with E-state index >= 15 is 0 Å². The lowest BCUT2D eigenvalue weighted by Crippen LogP contribution is -2.45. The van der Waals surface area contributed by atoms with Crippen LogP contribution in [-0.2, 0) is 12.8 Å². The van der Waals surface area contributed by atoms with Gasteiger partial charge in [-0.15, -0.1) is 0 Å². The molecule has 0 amide bonds. The van der Waals surface area contributed by atoms with Gasteiger partial charge in [0.05, 0.1) is 5.69 Å². The van der Waals surface area contributed by atoms with Gasteiger partial charge in [-0.2, -0.15) is 0 Å². The first-order valence-corrected chi connectivity index (χ1v) is 13.2. The maximum Gasteiger partial charge on any atom is 0.114 e. The number of rotatable bonds is 4. The minimum atomic E-state index is -0.428. The third-order valence-electron chi connectivity index (χ3n) is 7.97. The molecule has 1 aromatic carbocycles. The first-order chi connectivity index (χ1) is 16.6. The van der Waals surface area contributed by atoms with Gasteiger partial charge in [0.15, 0.2) is 0 Å². The fourth-order valence-corrected chi connectivity index (χ4v) is 6.26. The Hall–Kier alpha value is -2.20. The molecule has 1 aromatic heterocycles. The highest BCUT2D eigenvalue weighted by Gasteiger charge is 2.32. The Bertz CT molecular complexity index is 1140. The first kappa shape index (κ1) is 23.5. The summed E-state index contributed by atoms with van der Waals surface area (Å²) in [7, 11) is 0. The molecule has 0 bridgehead atoms. The number of fused-ring (bicyclic) bond motifs is 2. The fourth-order valence-electron chi connectivity index (χ4n) is 6.07. The Kier molecular flexibility index (Phi) is 7.06. The van der Waals surface area contributed by atoms with Crippen LogP contribution < -0.4 is 0 Å². The minimum Gasteiger partial charge on any atom is -0.378 e. The Balaban J connectivity index is 1.44. The van der Waals surface area contributed by atoms with Crippen LogP contribution in [0.3, 0.4) is 0 Å². The number of hydrogen-bond donors (Lipinski definition) is 1. The van der Waals surface area contributed by atoms with Crippen LogP contribution in [0.25, 0.3) is 5.57 Å². The number of halogens is 1. The molecule has 0 saturated carbocycles. The standard InChI is InChI=1S/C30H35ClN2O/c1-3-25(26-9-5-4-7-20(26)2)30(34)33-17-14-21(15-18-33)28-27-13-12-24(31)19-23(27)11-10-22-8-6-16-32-29(22)28/h4-6,8-9,12-13,16,19-20,25,30,34H,3,7,10-11,14-15,17-18H2,1-2H3. The first-order valence-electron chi connectivity index (χ1n) is 12.8. The number of aliphatic hydroxyl groups excluding tert-OH is 1. The van der Waals surface area contributed by atoms with Gasteiger partial charge in [-0.3, -0.25) is 9.88 Å². The minimum absolute atomic E-state index is 0.192. The van der Waals surface area contributed by atoms with E-state index in [-0.39, 0.29) is 5.92 Å². The Morgan fingerprint density at radius 1 is 1.12 bits per heavy atom. The largest absolute Gasteiger partial charge is 0.378 e. The molecule has 1 saturated heterocycles. The zero-order chi connectivity index (χ0) is 23.7. The summed E-state index contributed by atoms with van der Waals surface area (Å²) >= 11 is 6.37. The van der Waals surface area contributed by atoms with Gasteiger partial charge in [0, 0.05) is 35.8 Å². The zero-order valence-electron chi connectivity index (χ0n) is 20.3. The van der Waals surface area contributed by atoms with Gasteiger partial charge >= 0.3 is 0 Å². The predicted octanol–water partition coefficient (Wildman–Crippen LogP) is 6.60. The van der Waals surface area contributed by atoms with E-state index in [1.54, 1.807) is 0 Å². The molecule has 3 unspecified atom stereocenters. The van der Waals surface area contributed by atoms with Crippen molar-refractivity contribution in [1.29, 1.82) is 0 Å². The number of benzene rings is 1. The monoisotopic (exact) mass is 474 g/mol. The number of likely N-dealkylation sites (tertiary alicyclic amines) is 1. The van der Waals surface area contributed by atoms with Crippen LogP contribution in [-0.4, -0.2) is 34.3 Å². The topological polar surface area (TPSA) is 36.4 Å². The molecule has 5 rings (SSSR count). The lowest BCUT2D eigenvalue weighted by atomic mass is 9.81. The van der Waals surface area contributed by atoms with Crippen LogP contribution >= 0.6 is 11.6 Å². The summed E-state index contributed by atoms with van der Waals surface area (Å²) in [5.74, 6) is 0.696. The second-order valence-electron chi connectivity index (χ2n) is 9.99. The molecule has 1 N–H and O–H groups in total. The van der Waals surface area contributed by atoms with E-state index in [1.807, 2.05) is 18.3 Å². The molecule has 3 atom stereocenters. The van der Waals surface area contributed by atoms with Crippen molar-refractivity contribution in [3.8, 4) is 0 Å². The molecule has 2 aromatic rings. The molecule has 0 radical (unpaired) electrons. The Morgan fingerprint density at radius 2 is 1.91 bits per heavy atom. The summed E-state index contributed by atoms with van der Waals surface area (Å²) in [6, 6.07) is 10.6. The normalized spacial score (nSPS) is 22.5. The third kappa shape index (κ3) is 4.54. The average Bonchev–Trinajstić information content (AvgIpc) is 3.02. The van der Waals surface area contributed by atoms with E-state index in [2.05, 4.69) is 55.2 Å². The highest BCUT2D eigenvalue weighted by Crippen LogP contribution is 2.39.